The van der Waals surface area contributed by atoms with Gasteiger partial charge in [0.15, 0.2) is 5.82 Å². The highest BCUT2D eigenvalue weighted by molar-refractivity contribution is 5.88. The van der Waals surface area contributed by atoms with Gasteiger partial charge in [-0.05, 0) is 23.6 Å². The number of hydrogen-bond acceptors (Lipinski definition) is 7. The number of methoxy groups -OCH3 is 1. The summed E-state index contributed by atoms with van der Waals surface area (Å²) in [6, 6.07) is 7.85. The molecule has 4 rings (SSSR count). The first-order chi connectivity index (χ1) is 14.8. The molecule has 0 aliphatic heterocycles. The van der Waals surface area contributed by atoms with Gasteiger partial charge in [-0.15, -0.1) is 0 Å². The topological polar surface area (TPSA) is 89.8 Å². The molecule has 8 heteroatoms. The minimum Gasteiger partial charge on any atom is -0.495 e. The van der Waals surface area contributed by atoms with E-state index in [1.165, 1.54) is 0 Å². The molecule has 31 heavy (non-hydrogen) atoms. The summed E-state index contributed by atoms with van der Waals surface area (Å²) in [6.07, 6.45) is 7.17. The van der Waals surface area contributed by atoms with Gasteiger partial charge in [0.2, 0.25) is 5.95 Å². The van der Waals surface area contributed by atoms with Gasteiger partial charge in [0.1, 0.15) is 11.3 Å². The summed E-state index contributed by atoms with van der Waals surface area (Å²) >= 11 is 0. The van der Waals surface area contributed by atoms with Crippen LogP contribution in [-0.4, -0.2) is 38.2 Å². The van der Waals surface area contributed by atoms with Crippen LogP contribution in [0, 0.1) is 5.41 Å². The second kappa shape index (κ2) is 8.22. The van der Waals surface area contributed by atoms with Gasteiger partial charge in [-0.2, -0.15) is 0 Å². The van der Waals surface area contributed by atoms with Crippen molar-refractivity contribution in [3.63, 3.8) is 0 Å². The summed E-state index contributed by atoms with van der Waals surface area (Å²) in [5.74, 6) is 1.92. The molecule has 0 unspecified atom stereocenters. The second-order valence-corrected chi connectivity index (χ2v) is 8.64. The number of hydrogen-bond donors (Lipinski definition) is 2. The van der Waals surface area contributed by atoms with Crippen LogP contribution in [-0.2, 0) is 7.05 Å². The molecule has 0 aliphatic rings. The van der Waals surface area contributed by atoms with E-state index in [4.69, 9.17) is 9.72 Å². The molecule has 1 aromatic carbocycles. The van der Waals surface area contributed by atoms with Crippen molar-refractivity contribution < 1.29 is 4.74 Å². The molecule has 0 amide bonds. The maximum Gasteiger partial charge on any atom is 0.227 e. The molecule has 0 radical (unpaired) electrons. The Kier molecular flexibility index (Phi) is 5.46. The van der Waals surface area contributed by atoms with Gasteiger partial charge >= 0.3 is 0 Å². The van der Waals surface area contributed by atoms with Gasteiger partial charge in [-0.3, -0.25) is 0 Å². The normalized spacial score (nSPS) is 11.5. The molecule has 3 aromatic heterocycles. The van der Waals surface area contributed by atoms with Crippen molar-refractivity contribution in [3.8, 4) is 17.0 Å². The second-order valence-electron chi connectivity index (χ2n) is 8.64. The quantitative estimate of drug-likeness (QED) is 0.472. The van der Waals surface area contributed by atoms with Gasteiger partial charge in [0.05, 0.1) is 31.0 Å². The Hall–Kier alpha value is -3.68. The molecule has 0 spiro atoms. The Morgan fingerprint density at radius 2 is 1.94 bits per heavy atom. The van der Waals surface area contributed by atoms with E-state index in [2.05, 4.69) is 46.4 Å². The number of aromatic nitrogens is 5. The summed E-state index contributed by atoms with van der Waals surface area (Å²) in [5, 5.41) is 7.61. The lowest BCUT2D eigenvalue weighted by Gasteiger charge is -2.19. The average molecular weight is 418 g/mol. The van der Waals surface area contributed by atoms with E-state index in [-0.39, 0.29) is 5.41 Å². The fourth-order valence-electron chi connectivity index (χ4n) is 3.20. The summed E-state index contributed by atoms with van der Waals surface area (Å²) in [7, 11) is 3.61. The smallest absolute Gasteiger partial charge is 0.227 e. The van der Waals surface area contributed by atoms with Crippen LogP contribution < -0.4 is 15.4 Å². The molecule has 0 saturated carbocycles. The van der Waals surface area contributed by atoms with Crippen molar-refractivity contribution in [2.24, 2.45) is 12.5 Å². The molecule has 0 bridgehead atoms. The Labute approximate surface area is 181 Å². The maximum atomic E-state index is 5.61. The van der Waals surface area contributed by atoms with Gasteiger partial charge in [-0.25, -0.2) is 19.9 Å². The van der Waals surface area contributed by atoms with E-state index < -0.39 is 0 Å². The largest absolute Gasteiger partial charge is 0.495 e. The maximum absolute atomic E-state index is 5.61. The first kappa shape index (κ1) is 20.6. The van der Waals surface area contributed by atoms with Crippen LogP contribution in [0.5, 0.6) is 5.75 Å². The summed E-state index contributed by atoms with van der Waals surface area (Å²) in [4.78, 5) is 17.8. The number of pyridine rings is 1. The molecule has 2 N–H and O–H groups in total. The van der Waals surface area contributed by atoms with Gasteiger partial charge in [0.25, 0.3) is 0 Å². The summed E-state index contributed by atoms with van der Waals surface area (Å²) < 4.78 is 7.58. The first-order valence-electron chi connectivity index (χ1n) is 10.1. The van der Waals surface area contributed by atoms with E-state index in [1.807, 2.05) is 42.1 Å². The third-order valence-corrected chi connectivity index (χ3v) is 4.85. The van der Waals surface area contributed by atoms with Gasteiger partial charge < -0.3 is 19.9 Å². The molecule has 4 aromatic rings. The fourth-order valence-corrected chi connectivity index (χ4v) is 3.20. The van der Waals surface area contributed by atoms with Crippen molar-refractivity contribution in [1.82, 2.24) is 24.5 Å². The molecule has 8 nitrogen and oxygen atoms in total. The number of anilines is 3. The van der Waals surface area contributed by atoms with Crippen LogP contribution >= 0.6 is 0 Å². The molecular formula is C23H27N7O. The number of nitrogens with one attached hydrogen (secondary N) is 2. The van der Waals surface area contributed by atoms with E-state index >= 15 is 0 Å². The standard InChI is InChI=1S/C23H27N7O/c1-23(2,3)13-27-21-20-16(8-9-25-21)11-26-22(29-20)28-17-7-6-15(10-19(17)31-5)18-12-24-14-30(18)4/h6-12,14H,13H2,1-5H3,(H,25,27)(H,26,28,29). The van der Waals surface area contributed by atoms with Crippen LogP contribution in [0.1, 0.15) is 20.8 Å². The van der Waals surface area contributed by atoms with E-state index in [1.54, 1.807) is 25.8 Å². The fraction of sp³-hybridized carbons (Fsp3) is 0.304. The molecule has 0 saturated heterocycles. The lowest BCUT2D eigenvalue weighted by molar-refractivity contribution is 0.417. The Morgan fingerprint density at radius 1 is 1.10 bits per heavy atom. The molecule has 160 valence electrons. The highest BCUT2D eigenvalue weighted by atomic mass is 16.5. The van der Waals surface area contributed by atoms with E-state index in [0.29, 0.717) is 11.7 Å². The Bertz CT molecular complexity index is 1210. The number of nitrogens with zero attached hydrogens (tertiary/aromatic N) is 5. The zero-order chi connectivity index (χ0) is 22.0. The van der Waals surface area contributed by atoms with E-state index in [0.717, 1.165) is 40.2 Å². The van der Waals surface area contributed by atoms with Crippen LogP contribution in [0.25, 0.3) is 22.2 Å². The molecule has 0 atom stereocenters. The number of aryl methyl sites for hydroxylation is 1. The van der Waals surface area contributed by atoms with E-state index in [9.17, 15) is 0 Å². The zero-order valence-electron chi connectivity index (χ0n) is 18.5. The highest BCUT2D eigenvalue weighted by Gasteiger charge is 2.14. The predicted molar refractivity (Wildman–Crippen MR) is 124 cm³/mol. The van der Waals surface area contributed by atoms with Crippen LogP contribution in [0.2, 0.25) is 0 Å². The number of imidazole rings is 1. The third kappa shape index (κ3) is 4.58. The SMILES string of the molecule is COc1cc(-c2cncn2C)ccc1Nc1ncc2ccnc(NCC(C)(C)C)c2n1. The first-order valence-corrected chi connectivity index (χ1v) is 10.1. The third-order valence-electron chi connectivity index (χ3n) is 4.85. The zero-order valence-corrected chi connectivity index (χ0v) is 18.5. The van der Waals surface area contributed by atoms with Crippen molar-refractivity contribution in [2.75, 3.05) is 24.3 Å². The average Bonchev–Trinajstić information content (AvgIpc) is 3.18. The van der Waals surface area contributed by atoms with Crippen molar-refractivity contribution in [2.45, 2.75) is 20.8 Å². The molecule has 0 aliphatic carbocycles. The monoisotopic (exact) mass is 417 g/mol. The predicted octanol–water partition coefficient (Wildman–Crippen LogP) is 4.64. The van der Waals surface area contributed by atoms with Gasteiger partial charge in [-0.1, -0.05) is 26.8 Å². The number of fused-ring (bicyclic) bond motifs is 1. The number of benzene rings is 1. The van der Waals surface area contributed by atoms with Crippen LogP contribution in [0.3, 0.4) is 0 Å². The summed E-state index contributed by atoms with van der Waals surface area (Å²) in [5.41, 5.74) is 3.70. The Morgan fingerprint density at radius 3 is 2.65 bits per heavy atom. The lowest BCUT2D eigenvalue weighted by atomic mass is 9.97. The molecule has 3 heterocycles. The molecule has 0 fully saturated rings. The minimum atomic E-state index is 0.126. The molecular weight excluding hydrogens is 390 g/mol. The van der Waals surface area contributed by atoms with Crippen molar-refractivity contribution in [3.05, 3.63) is 49.2 Å². The summed E-state index contributed by atoms with van der Waals surface area (Å²) in [6.45, 7) is 7.31. The lowest BCUT2D eigenvalue weighted by Crippen LogP contribution is -2.19. The number of ether oxygens (including phenoxy) is 1. The minimum absolute atomic E-state index is 0.126. The van der Waals surface area contributed by atoms with Crippen LogP contribution in [0.15, 0.2) is 49.2 Å². The Balaban J connectivity index is 1.64. The van der Waals surface area contributed by atoms with Crippen molar-refractivity contribution in [1.29, 1.82) is 0 Å². The van der Waals surface area contributed by atoms with Gasteiger partial charge in [0, 0.05) is 36.9 Å². The van der Waals surface area contributed by atoms with Crippen molar-refractivity contribution >= 4 is 28.4 Å². The number of rotatable bonds is 6. The highest BCUT2D eigenvalue weighted by Crippen LogP contribution is 2.32. The van der Waals surface area contributed by atoms with Crippen LogP contribution in [0.4, 0.5) is 17.5 Å².